The first-order valence-corrected chi connectivity index (χ1v) is 8.89. The number of nitrogens with one attached hydrogen (secondary N) is 1. The van der Waals surface area contributed by atoms with Crippen LogP contribution < -0.4 is 5.43 Å². The van der Waals surface area contributed by atoms with Crippen molar-refractivity contribution in [3.63, 3.8) is 0 Å². The van der Waals surface area contributed by atoms with Crippen LogP contribution in [0, 0.1) is 22.6 Å². The van der Waals surface area contributed by atoms with Crippen LogP contribution in [0.15, 0.2) is 29.4 Å². The van der Waals surface area contributed by atoms with Crippen LogP contribution in [0.1, 0.15) is 63.2 Å². The van der Waals surface area contributed by atoms with Crippen molar-refractivity contribution in [2.45, 2.75) is 52.9 Å². The molecule has 2 aliphatic carbocycles. The minimum Gasteiger partial charge on any atom is -0.294 e. The third kappa shape index (κ3) is 3.12. The molecule has 0 saturated heterocycles. The van der Waals surface area contributed by atoms with Crippen molar-refractivity contribution in [2.75, 3.05) is 0 Å². The molecule has 0 aliphatic heterocycles. The average molecular weight is 344 g/mol. The molecule has 25 heavy (non-hydrogen) atoms. The summed E-state index contributed by atoms with van der Waals surface area (Å²) in [7, 11) is 0. The highest BCUT2D eigenvalue weighted by molar-refractivity contribution is 5.98. The minimum atomic E-state index is -0.382. The second kappa shape index (κ2) is 6.36. The second-order valence-corrected chi connectivity index (χ2v) is 8.02. The first-order valence-electron chi connectivity index (χ1n) is 8.89. The molecule has 2 bridgehead atoms. The largest absolute Gasteiger partial charge is 0.294 e. The van der Waals surface area contributed by atoms with Gasteiger partial charge in [0.1, 0.15) is 5.82 Å². The van der Waals surface area contributed by atoms with E-state index in [1.807, 2.05) is 0 Å². The molecule has 0 spiro atoms. The van der Waals surface area contributed by atoms with Gasteiger partial charge in [-0.1, -0.05) is 20.8 Å². The molecule has 2 aliphatic rings. The minimum absolute atomic E-state index is 0.0505. The summed E-state index contributed by atoms with van der Waals surface area (Å²) in [4.78, 5) is 24.1. The van der Waals surface area contributed by atoms with Gasteiger partial charge in [-0.2, -0.15) is 5.10 Å². The van der Waals surface area contributed by atoms with Crippen molar-refractivity contribution in [2.24, 2.45) is 21.8 Å². The molecule has 3 rings (SSSR count). The number of amides is 1. The van der Waals surface area contributed by atoms with Gasteiger partial charge >= 0.3 is 0 Å². The zero-order valence-electron chi connectivity index (χ0n) is 15.1. The SMILES string of the molecule is CC1(C)[C@H]2CC[C@]1(C)/C(=N/NC(=O)CCC(=O)c1ccc(F)cc1)C2. The summed E-state index contributed by atoms with van der Waals surface area (Å²) in [5, 5.41) is 4.39. The Morgan fingerprint density at radius 1 is 1.20 bits per heavy atom. The van der Waals surface area contributed by atoms with Gasteiger partial charge in [0.25, 0.3) is 0 Å². The molecule has 1 amide bonds. The normalized spacial score (nSPS) is 28.3. The number of hydrazone groups is 1. The number of carbonyl (C=O) groups is 2. The lowest BCUT2D eigenvalue weighted by atomic mass is 9.70. The number of fused-ring (bicyclic) bond motifs is 2. The number of rotatable bonds is 5. The molecule has 4 nitrogen and oxygen atoms in total. The lowest BCUT2D eigenvalue weighted by molar-refractivity contribution is -0.121. The third-order valence-electron chi connectivity index (χ3n) is 6.57. The monoisotopic (exact) mass is 344 g/mol. The number of halogens is 1. The van der Waals surface area contributed by atoms with Crippen LogP contribution >= 0.6 is 0 Å². The molecule has 1 N–H and O–H groups in total. The molecule has 1 aromatic carbocycles. The van der Waals surface area contributed by atoms with E-state index in [0.29, 0.717) is 11.5 Å². The Morgan fingerprint density at radius 3 is 2.44 bits per heavy atom. The van der Waals surface area contributed by atoms with Crippen LogP contribution in [-0.4, -0.2) is 17.4 Å². The van der Waals surface area contributed by atoms with Gasteiger partial charge < -0.3 is 0 Å². The molecule has 1 aromatic rings. The first kappa shape index (κ1) is 17.8. The fourth-order valence-electron chi connectivity index (χ4n) is 4.29. The van der Waals surface area contributed by atoms with Crippen molar-refractivity contribution in [1.82, 2.24) is 5.43 Å². The van der Waals surface area contributed by atoms with Crippen molar-refractivity contribution in [3.05, 3.63) is 35.6 Å². The summed E-state index contributed by atoms with van der Waals surface area (Å²) in [6.45, 7) is 6.82. The van der Waals surface area contributed by atoms with E-state index in [-0.39, 0.29) is 41.2 Å². The molecular weight excluding hydrogens is 319 g/mol. The maximum absolute atomic E-state index is 12.9. The standard InChI is InChI=1S/C20H25FN2O2/c1-19(2)14-10-11-20(19,3)17(12-14)22-23-18(25)9-8-16(24)13-4-6-15(21)7-5-13/h4-7,14H,8-12H2,1-3H3,(H,23,25)/b22-17+/t14-,20+/m0/s1. The second-order valence-electron chi connectivity index (χ2n) is 8.02. The Balaban J connectivity index is 1.54. The van der Waals surface area contributed by atoms with Gasteiger partial charge in [-0.3, -0.25) is 9.59 Å². The fraction of sp³-hybridized carbons (Fsp3) is 0.550. The maximum atomic E-state index is 12.9. The zero-order valence-corrected chi connectivity index (χ0v) is 15.1. The van der Waals surface area contributed by atoms with Gasteiger partial charge in [-0.25, -0.2) is 9.82 Å². The molecule has 2 saturated carbocycles. The lowest BCUT2D eigenvalue weighted by Gasteiger charge is -2.34. The lowest BCUT2D eigenvalue weighted by Crippen LogP contribution is -2.34. The van der Waals surface area contributed by atoms with E-state index in [9.17, 15) is 14.0 Å². The van der Waals surface area contributed by atoms with Crippen molar-refractivity contribution >= 4 is 17.4 Å². The quantitative estimate of drug-likeness (QED) is 0.645. The van der Waals surface area contributed by atoms with E-state index >= 15 is 0 Å². The van der Waals surface area contributed by atoms with Crippen LogP contribution in [0.25, 0.3) is 0 Å². The van der Waals surface area contributed by atoms with Crippen LogP contribution in [0.5, 0.6) is 0 Å². The average Bonchev–Trinajstić information content (AvgIpc) is 2.91. The highest BCUT2D eigenvalue weighted by Crippen LogP contribution is 2.63. The highest BCUT2D eigenvalue weighted by Gasteiger charge is 2.59. The molecule has 5 heteroatoms. The van der Waals surface area contributed by atoms with E-state index in [0.717, 1.165) is 18.6 Å². The van der Waals surface area contributed by atoms with Gasteiger partial charge in [0, 0.05) is 29.5 Å². The van der Waals surface area contributed by atoms with Crippen LogP contribution in [0.4, 0.5) is 4.39 Å². The smallest absolute Gasteiger partial charge is 0.240 e. The van der Waals surface area contributed by atoms with Crippen LogP contribution in [0.3, 0.4) is 0 Å². The fourth-order valence-corrected chi connectivity index (χ4v) is 4.29. The summed E-state index contributed by atoms with van der Waals surface area (Å²) >= 11 is 0. The predicted octanol–water partition coefficient (Wildman–Crippen LogP) is 4.11. The van der Waals surface area contributed by atoms with Crippen LogP contribution in [-0.2, 0) is 4.79 Å². The molecule has 134 valence electrons. The summed E-state index contributed by atoms with van der Waals surface area (Å²) in [6.07, 6.45) is 3.45. The Hall–Kier alpha value is -2.04. The van der Waals surface area contributed by atoms with E-state index in [1.54, 1.807) is 0 Å². The van der Waals surface area contributed by atoms with Crippen molar-refractivity contribution in [1.29, 1.82) is 0 Å². The Labute approximate surface area is 147 Å². The molecular formula is C20H25FN2O2. The molecule has 2 fully saturated rings. The zero-order chi connectivity index (χ0) is 18.2. The molecule has 0 aromatic heterocycles. The van der Waals surface area contributed by atoms with Gasteiger partial charge in [-0.05, 0) is 54.9 Å². The Bertz CT molecular complexity index is 724. The van der Waals surface area contributed by atoms with Gasteiger partial charge in [-0.15, -0.1) is 0 Å². The number of hydrogen-bond acceptors (Lipinski definition) is 3. The third-order valence-corrected chi connectivity index (χ3v) is 6.57. The number of hydrogen-bond donors (Lipinski definition) is 1. The Morgan fingerprint density at radius 2 is 1.88 bits per heavy atom. The van der Waals surface area contributed by atoms with Gasteiger partial charge in [0.05, 0.1) is 0 Å². The maximum Gasteiger partial charge on any atom is 0.240 e. The van der Waals surface area contributed by atoms with Gasteiger partial charge in [0.15, 0.2) is 5.78 Å². The first-order chi connectivity index (χ1) is 11.7. The summed E-state index contributed by atoms with van der Waals surface area (Å²) in [5.74, 6) is -0.177. The van der Waals surface area contributed by atoms with Gasteiger partial charge in [0.2, 0.25) is 5.91 Å². The molecule has 0 radical (unpaired) electrons. The highest BCUT2D eigenvalue weighted by atomic mass is 19.1. The molecule has 2 atom stereocenters. The number of carbonyl (C=O) groups excluding carboxylic acids is 2. The van der Waals surface area contributed by atoms with E-state index in [2.05, 4.69) is 31.3 Å². The molecule has 0 unspecified atom stereocenters. The van der Waals surface area contributed by atoms with Crippen molar-refractivity contribution in [3.8, 4) is 0 Å². The predicted molar refractivity (Wildman–Crippen MR) is 94.8 cm³/mol. The number of nitrogens with zero attached hydrogens (tertiary/aromatic N) is 1. The number of benzene rings is 1. The van der Waals surface area contributed by atoms with E-state index < -0.39 is 0 Å². The van der Waals surface area contributed by atoms with E-state index in [4.69, 9.17) is 0 Å². The topological polar surface area (TPSA) is 58.5 Å². The Kier molecular flexibility index (Phi) is 4.52. The van der Waals surface area contributed by atoms with Crippen molar-refractivity contribution < 1.29 is 14.0 Å². The van der Waals surface area contributed by atoms with E-state index in [1.165, 1.54) is 30.7 Å². The summed E-state index contributed by atoms with van der Waals surface area (Å²) < 4.78 is 12.9. The van der Waals surface area contributed by atoms with Crippen LogP contribution in [0.2, 0.25) is 0 Å². The summed E-state index contributed by atoms with van der Waals surface area (Å²) in [6, 6.07) is 5.37. The number of ketones is 1. The molecule has 0 heterocycles. The summed E-state index contributed by atoms with van der Waals surface area (Å²) in [5.41, 5.74) is 4.39. The number of Topliss-reactive ketones (excluding diaryl/α,β-unsaturated/α-hetero) is 1.